The Balaban J connectivity index is 1.89. The molecule has 3 heteroatoms. The lowest BCUT2D eigenvalue weighted by atomic mass is 9.96. The largest absolute Gasteiger partial charge is 0.480 e. The number of carboxylic acids is 1. The summed E-state index contributed by atoms with van der Waals surface area (Å²) in [6.07, 6.45) is 5.64. The van der Waals surface area contributed by atoms with Crippen molar-refractivity contribution in [2.75, 3.05) is 0 Å². The van der Waals surface area contributed by atoms with Crippen molar-refractivity contribution in [3.8, 4) is 0 Å². The summed E-state index contributed by atoms with van der Waals surface area (Å²) < 4.78 is 0. The highest BCUT2D eigenvalue weighted by Gasteiger charge is 2.35. The topological polar surface area (TPSA) is 49.3 Å². The first kappa shape index (κ1) is 8.05. The van der Waals surface area contributed by atoms with Crippen molar-refractivity contribution in [3.63, 3.8) is 0 Å². The third-order valence-corrected chi connectivity index (χ3v) is 2.91. The molecule has 0 aromatic rings. The third-order valence-electron chi connectivity index (χ3n) is 2.91. The van der Waals surface area contributed by atoms with Gasteiger partial charge in [0.1, 0.15) is 6.04 Å². The smallest absolute Gasteiger partial charge is 0.320 e. The van der Waals surface area contributed by atoms with Crippen LogP contribution in [0, 0.1) is 5.92 Å². The van der Waals surface area contributed by atoms with Crippen molar-refractivity contribution in [1.82, 2.24) is 5.32 Å². The van der Waals surface area contributed by atoms with Crippen LogP contribution in [0.1, 0.15) is 32.1 Å². The zero-order valence-corrected chi connectivity index (χ0v) is 7.12. The number of piperidine rings is 1. The summed E-state index contributed by atoms with van der Waals surface area (Å²) in [6, 6.07) is 0.226. The van der Waals surface area contributed by atoms with E-state index in [1.54, 1.807) is 0 Å². The number of hydrogen-bond acceptors (Lipinski definition) is 2. The van der Waals surface area contributed by atoms with Crippen LogP contribution in [0.5, 0.6) is 0 Å². The molecule has 2 atom stereocenters. The van der Waals surface area contributed by atoms with E-state index < -0.39 is 5.97 Å². The second-order valence-electron chi connectivity index (χ2n) is 3.93. The first-order valence-corrected chi connectivity index (χ1v) is 4.76. The molecule has 12 heavy (non-hydrogen) atoms. The lowest BCUT2D eigenvalue weighted by Crippen LogP contribution is -2.47. The molecule has 2 rings (SSSR count). The monoisotopic (exact) mass is 169 g/mol. The van der Waals surface area contributed by atoms with E-state index in [9.17, 15) is 4.79 Å². The van der Waals surface area contributed by atoms with E-state index in [0.717, 1.165) is 18.8 Å². The van der Waals surface area contributed by atoms with Crippen molar-refractivity contribution in [3.05, 3.63) is 0 Å². The van der Waals surface area contributed by atoms with Crippen LogP contribution in [0.15, 0.2) is 0 Å². The second-order valence-corrected chi connectivity index (χ2v) is 3.93. The van der Waals surface area contributed by atoms with E-state index in [1.807, 2.05) is 0 Å². The highest BCUT2D eigenvalue weighted by Crippen LogP contribution is 2.36. The van der Waals surface area contributed by atoms with Crippen LogP contribution in [0.3, 0.4) is 0 Å². The van der Waals surface area contributed by atoms with Gasteiger partial charge in [-0.2, -0.15) is 0 Å². The zero-order valence-electron chi connectivity index (χ0n) is 7.12. The summed E-state index contributed by atoms with van der Waals surface area (Å²) in [5.41, 5.74) is 0. The molecule has 1 saturated carbocycles. The number of carboxylic acid groups (broad SMARTS) is 1. The molecule has 1 heterocycles. The maximum atomic E-state index is 10.7. The van der Waals surface area contributed by atoms with Crippen LogP contribution >= 0.6 is 0 Å². The Hall–Kier alpha value is -0.570. The summed E-state index contributed by atoms with van der Waals surface area (Å²) in [5.74, 6) is 0.104. The molecule has 0 amide bonds. The van der Waals surface area contributed by atoms with Crippen molar-refractivity contribution < 1.29 is 9.90 Å². The van der Waals surface area contributed by atoms with Crippen molar-refractivity contribution >= 4 is 5.97 Å². The van der Waals surface area contributed by atoms with E-state index in [1.165, 1.54) is 19.3 Å². The summed E-state index contributed by atoms with van der Waals surface area (Å²) >= 11 is 0. The van der Waals surface area contributed by atoms with Gasteiger partial charge in [-0.3, -0.25) is 4.79 Å². The number of hydrogen-bond donors (Lipinski definition) is 2. The predicted octanol–water partition coefficient (Wildman–Crippen LogP) is 0.992. The van der Waals surface area contributed by atoms with Crippen LogP contribution in [0.4, 0.5) is 0 Å². The quantitative estimate of drug-likeness (QED) is 0.648. The molecule has 1 aliphatic heterocycles. The van der Waals surface area contributed by atoms with Crippen LogP contribution in [0.2, 0.25) is 0 Å². The highest BCUT2D eigenvalue weighted by molar-refractivity contribution is 5.73. The first-order valence-electron chi connectivity index (χ1n) is 4.76. The number of rotatable bonds is 2. The summed E-state index contributed by atoms with van der Waals surface area (Å²) in [6.45, 7) is 0. The normalized spacial score (nSPS) is 36.3. The molecule has 0 radical (unpaired) electrons. The lowest BCUT2D eigenvalue weighted by Gasteiger charge is -2.28. The molecule has 0 aromatic heterocycles. The molecule has 2 N–H and O–H groups in total. The Bertz CT molecular complexity index is 189. The van der Waals surface area contributed by atoms with Crippen molar-refractivity contribution in [2.45, 2.75) is 44.2 Å². The molecular weight excluding hydrogens is 154 g/mol. The van der Waals surface area contributed by atoms with Gasteiger partial charge in [0, 0.05) is 6.04 Å². The number of nitrogens with one attached hydrogen (secondary N) is 1. The van der Waals surface area contributed by atoms with Gasteiger partial charge in [0.25, 0.3) is 0 Å². The van der Waals surface area contributed by atoms with Crippen molar-refractivity contribution in [2.24, 2.45) is 5.92 Å². The average molecular weight is 169 g/mol. The van der Waals surface area contributed by atoms with Crippen LogP contribution < -0.4 is 5.32 Å². The van der Waals surface area contributed by atoms with Gasteiger partial charge < -0.3 is 10.4 Å². The van der Waals surface area contributed by atoms with E-state index in [2.05, 4.69) is 5.32 Å². The molecular formula is C9H15NO2. The van der Waals surface area contributed by atoms with Crippen LogP contribution in [0.25, 0.3) is 0 Å². The minimum absolute atomic E-state index is 0.274. The van der Waals surface area contributed by atoms with E-state index in [4.69, 9.17) is 5.11 Å². The van der Waals surface area contributed by atoms with Gasteiger partial charge in [-0.05, 0) is 38.0 Å². The van der Waals surface area contributed by atoms with Crippen LogP contribution in [-0.2, 0) is 4.79 Å². The van der Waals surface area contributed by atoms with Gasteiger partial charge in [0.2, 0.25) is 0 Å². The molecule has 1 aliphatic carbocycles. The highest BCUT2D eigenvalue weighted by atomic mass is 16.4. The molecule has 68 valence electrons. The van der Waals surface area contributed by atoms with Gasteiger partial charge >= 0.3 is 5.97 Å². The Morgan fingerprint density at radius 1 is 1.25 bits per heavy atom. The second kappa shape index (κ2) is 3.05. The molecule has 2 fully saturated rings. The fourth-order valence-corrected chi connectivity index (χ4v) is 2.03. The third kappa shape index (κ3) is 1.61. The zero-order chi connectivity index (χ0) is 8.55. The average Bonchev–Trinajstić information content (AvgIpc) is 2.87. The maximum absolute atomic E-state index is 10.7. The molecule has 2 unspecified atom stereocenters. The van der Waals surface area contributed by atoms with Gasteiger partial charge in [-0.15, -0.1) is 0 Å². The first-order chi connectivity index (χ1) is 5.77. The maximum Gasteiger partial charge on any atom is 0.320 e. The van der Waals surface area contributed by atoms with Crippen LogP contribution in [-0.4, -0.2) is 23.2 Å². The van der Waals surface area contributed by atoms with Gasteiger partial charge in [0.05, 0.1) is 0 Å². The SMILES string of the molecule is O=C(O)C1CCCC(C2CC2)N1. The lowest BCUT2D eigenvalue weighted by molar-refractivity contribution is -0.140. The minimum Gasteiger partial charge on any atom is -0.480 e. The van der Waals surface area contributed by atoms with Gasteiger partial charge in [-0.25, -0.2) is 0 Å². The summed E-state index contributed by atoms with van der Waals surface area (Å²) in [7, 11) is 0. The Kier molecular flexibility index (Phi) is 2.05. The molecule has 0 bridgehead atoms. The molecule has 0 aromatic carbocycles. The van der Waals surface area contributed by atoms with Gasteiger partial charge in [0.15, 0.2) is 0 Å². The van der Waals surface area contributed by atoms with Gasteiger partial charge in [-0.1, -0.05) is 0 Å². The fraction of sp³-hybridized carbons (Fsp3) is 0.889. The van der Waals surface area contributed by atoms with E-state index >= 15 is 0 Å². The fourth-order valence-electron chi connectivity index (χ4n) is 2.03. The molecule has 2 aliphatic rings. The Morgan fingerprint density at radius 3 is 2.58 bits per heavy atom. The summed E-state index contributed by atoms with van der Waals surface area (Å²) in [5, 5.41) is 12.0. The summed E-state index contributed by atoms with van der Waals surface area (Å²) in [4.78, 5) is 10.7. The predicted molar refractivity (Wildman–Crippen MR) is 44.9 cm³/mol. The molecule has 1 saturated heterocycles. The van der Waals surface area contributed by atoms with Crippen molar-refractivity contribution in [1.29, 1.82) is 0 Å². The Labute approximate surface area is 72.2 Å². The Morgan fingerprint density at radius 2 is 2.00 bits per heavy atom. The minimum atomic E-state index is -0.680. The number of carbonyl (C=O) groups is 1. The number of aliphatic carboxylic acids is 1. The van der Waals surface area contributed by atoms with E-state index in [0.29, 0.717) is 6.04 Å². The molecule has 3 nitrogen and oxygen atoms in total. The standard InChI is InChI=1S/C9H15NO2/c11-9(12)8-3-1-2-7(10-8)6-4-5-6/h6-8,10H,1-5H2,(H,11,12). The molecule has 0 spiro atoms. The van der Waals surface area contributed by atoms with E-state index in [-0.39, 0.29) is 6.04 Å².